The van der Waals surface area contributed by atoms with E-state index in [2.05, 4.69) is 262 Å². The van der Waals surface area contributed by atoms with E-state index in [-0.39, 0.29) is 0 Å². The van der Waals surface area contributed by atoms with Crippen molar-refractivity contribution >= 4 is 94.2 Å². The standard InChI is InChI=1S/C60H41N3Si/c1-5-21-42(22-6-1)61-53-33-17-16-32-50(53)52-41-43(37-39-57(52)61)62-54-34-18-15-31-49(54)51-38-40-58(63-55-35-19-13-29-47(55)48-30-14-20-36-56(48)63)60(59(51)62)64(44-23-7-2-8-24-44,45-25-9-3-10-26-45)46-27-11-4-12-28-46/h1-41H. The maximum Gasteiger partial charge on any atom is 0.184 e. The molecule has 0 unspecified atom stereocenters. The van der Waals surface area contributed by atoms with E-state index in [0.717, 1.165) is 11.4 Å². The molecule has 0 N–H and O–H groups in total. The van der Waals surface area contributed by atoms with Crippen LogP contribution in [0.2, 0.25) is 0 Å². The number of fused-ring (bicyclic) bond motifs is 9. The van der Waals surface area contributed by atoms with Gasteiger partial charge in [0.15, 0.2) is 8.07 Å². The number of para-hydroxylation sites is 5. The van der Waals surface area contributed by atoms with Gasteiger partial charge >= 0.3 is 0 Å². The third-order valence-corrected chi connectivity index (χ3v) is 18.4. The maximum atomic E-state index is 2.60. The van der Waals surface area contributed by atoms with E-state index < -0.39 is 8.07 Å². The van der Waals surface area contributed by atoms with Crippen LogP contribution >= 0.6 is 0 Å². The lowest BCUT2D eigenvalue weighted by atomic mass is 10.1. The van der Waals surface area contributed by atoms with E-state index in [1.807, 2.05) is 0 Å². The summed E-state index contributed by atoms with van der Waals surface area (Å²) < 4.78 is 7.57. The van der Waals surface area contributed by atoms with Crippen LogP contribution in [0.5, 0.6) is 0 Å². The van der Waals surface area contributed by atoms with E-state index in [1.165, 1.54) is 91.9 Å². The second kappa shape index (κ2) is 14.5. The molecule has 3 aromatic heterocycles. The molecule has 0 spiro atoms. The first-order valence-electron chi connectivity index (χ1n) is 22.1. The highest BCUT2D eigenvalue weighted by Crippen LogP contribution is 2.39. The molecule has 0 amide bonds. The second-order valence-electron chi connectivity index (χ2n) is 16.8. The zero-order valence-corrected chi connectivity index (χ0v) is 36.0. The minimum atomic E-state index is -3.25. The molecule has 0 aliphatic rings. The van der Waals surface area contributed by atoms with Gasteiger partial charge in [-0.15, -0.1) is 0 Å². The lowest BCUT2D eigenvalue weighted by Crippen LogP contribution is -2.75. The van der Waals surface area contributed by atoms with Crippen LogP contribution in [0.15, 0.2) is 249 Å². The summed E-state index contributed by atoms with van der Waals surface area (Å²) >= 11 is 0. The number of aromatic nitrogens is 3. The molecule has 0 aliphatic heterocycles. The third kappa shape index (κ3) is 5.21. The number of hydrogen-bond acceptors (Lipinski definition) is 0. The largest absolute Gasteiger partial charge is 0.309 e. The maximum absolute atomic E-state index is 3.25. The molecule has 0 saturated carbocycles. The van der Waals surface area contributed by atoms with Crippen molar-refractivity contribution < 1.29 is 0 Å². The van der Waals surface area contributed by atoms with Crippen LogP contribution in [0.3, 0.4) is 0 Å². The zero-order chi connectivity index (χ0) is 42.2. The molecule has 4 heteroatoms. The van der Waals surface area contributed by atoms with Crippen LogP contribution in [0.1, 0.15) is 0 Å². The van der Waals surface area contributed by atoms with Crippen LogP contribution in [0.25, 0.3) is 82.5 Å². The van der Waals surface area contributed by atoms with E-state index in [9.17, 15) is 0 Å². The molecule has 13 rings (SSSR count). The summed E-state index contributed by atoms with van der Waals surface area (Å²) in [6.45, 7) is 0. The summed E-state index contributed by atoms with van der Waals surface area (Å²) in [7, 11) is -3.25. The van der Waals surface area contributed by atoms with Crippen molar-refractivity contribution in [2.75, 3.05) is 0 Å². The van der Waals surface area contributed by atoms with Gasteiger partial charge in [-0.05, 0) is 76.2 Å². The minimum absolute atomic E-state index is 1.13. The Labute approximate surface area is 372 Å². The van der Waals surface area contributed by atoms with Crippen molar-refractivity contribution in [3.8, 4) is 17.1 Å². The van der Waals surface area contributed by atoms with Crippen molar-refractivity contribution in [3.63, 3.8) is 0 Å². The highest BCUT2D eigenvalue weighted by Gasteiger charge is 2.46. The predicted molar refractivity (Wildman–Crippen MR) is 273 cm³/mol. The molecule has 0 radical (unpaired) electrons. The summed E-state index contributed by atoms with van der Waals surface area (Å²) in [5.41, 5.74) is 10.7. The Bertz CT molecular complexity index is 3730. The SMILES string of the molecule is c1ccc(-n2c3ccccc3c3cc(-n4c5ccccc5c5ccc(-n6c7ccccc7c7ccccc76)c([Si](c6ccccc6)(c6ccccc6)c6ccccc6)c54)ccc32)cc1. The van der Waals surface area contributed by atoms with Gasteiger partial charge in [-0.2, -0.15) is 0 Å². The Kier molecular flexibility index (Phi) is 8.23. The first kappa shape index (κ1) is 36.5. The fraction of sp³-hybridized carbons (Fsp3) is 0. The first-order valence-corrected chi connectivity index (χ1v) is 24.1. The highest BCUT2D eigenvalue weighted by atomic mass is 28.3. The van der Waals surface area contributed by atoms with Crippen LogP contribution < -0.4 is 20.7 Å². The fourth-order valence-electron chi connectivity index (χ4n) is 11.0. The summed E-state index contributed by atoms with van der Waals surface area (Å²) in [5.74, 6) is 0. The Hall–Kier alpha value is -8.18. The van der Waals surface area contributed by atoms with Crippen LogP contribution in [0.4, 0.5) is 0 Å². The molecular weight excluding hydrogens is 791 g/mol. The van der Waals surface area contributed by atoms with Gasteiger partial charge in [-0.25, -0.2) is 0 Å². The molecule has 3 heterocycles. The van der Waals surface area contributed by atoms with E-state index in [0.29, 0.717) is 0 Å². The molecule has 0 atom stereocenters. The van der Waals surface area contributed by atoms with Gasteiger partial charge in [0.2, 0.25) is 0 Å². The highest BCUT2D eigenvalue weighted by molar-refractivity contribution is 7.21. The molecule has 0 saturated heterocycles. The third-order valence-electron chi connectivity index (χ3n) is 13.6. The van der Waals surface area contributed by atoms with Crippen molar-refractivity contribution in [2.45, 2.75) is 0 Å². The number of nitrogens with zero attached hydrogens (tertiary/aromatic N) is 3. The summed E-state index contributed by atoms with van der Waals surface area (Å²) in [4.78, 5) is 0. The van der Waals surface area contributed by atoms with Crippen LogP contribution in [0, 0.1) is 0 Å². The van der Waals surface area contributed by atoms with Gasteiger partial charge < -0.3 is 13.7 Å². The quantitative estimate of drug-likeness (QED) is 0.112. The van der Waals surface area contributed by atoms with Gasteiger partial charge in [0, 0.05) is 54.6 Å². The van der Waals surface area contributed by atoms with E-state index in [4.69, 9.17) is 0 Å². The lowest BCUT2D eigenvalue weighted by Gasteiger charge is -2.37. The molecular formula is C60H41N3Si. The summed E-state index contributed by atoms with van der Waals surface area (Å²) in [6.07, 6.45) is 0. The van der Waals surface area contributed by atoms with E-state index >= 15 is 0 Å². The molecule has 0 bridgehead atoms. The molecule has 10 aromatic carbocycles. The lowest BCUT2D eigenvalue weighted by molar-refractivity contribution is 1.16. The average Bonchev–Trinajstić information content (AvgIpc) is 4.01. The summed E-state index contributed by atoms with van der Waals surface area (Å²) in [6, 6.07) is 92.6. The monoisotopic (exact) mass is 831 g/mol. The van der Waals surface area contributed by atoms with Gasteiger partial charge in [0.25, 0.3) is 0 Å². The fourth-order valence-corrected chi connectivity index (χ4v) is 16.1. The second-order valence-corrected chi connectivity index (χ2v) is 20.5. The van der Waals surface area contributed by atoms with Crippen molar-refractivity contribution in [3.05, 3.63) is 249 Å². The van der Waals surface area contributed by atoms with Crippen molar-refractivity contribution in [2.24, 2.45) is 0 Å². The molecule has 13 aromatic rings. The van der Waals surface area contributed by atoms with Gasteiger partial charge in [-0.3, -0.25) is 0 Å². The number of rotatable bonds is 7. The van der Waals surface area contributed by atoms with Crippen LogP contribution in [-0.4, -0.2) is 21.8 Å². The Morgan fingerprint density at radius 1 is 0.250 bits per heavy atom. The smallest absolute Gasteiger partial charge is 0.184 e. The van der Waals surface area contributed by atoms with E-state index in [1.54, 1.807) is 0 Å². The van der Waals surface area contributed by atoms with Crippen molar-refractivity contribution in [1.82, 2.24) is 13.7 Å². The van der Waals surface area contributed by atoms with Crippen LogP contribution in [-0.2, 0) is 0 Å². The zero-order valence-electron chi connectivity index (χ0n) is 35.0. The topological polar surface area (TPSA) is 14.8 Å². The molecule has 3 nitrogen and oxygen atoms in total. The van der Waals surface area contributed by atoms with Gasteiger partial charge in [-0.1, -0.05) is 188 Å². The molecule has 0 fully saturated rings. The average molecular weight is 832 g/mol. The summed E-state index contributed by atoms with van der Waals surface area (Å²) in [5, 5.41) is 12.8. The van der Waals surface area contributed by atoms with Gasteiger partial charge in [0.05, 0.1) is 33.1 Å². The Morgan fingerprint density at radius 2 is 0.641 bits per heavy atom. The van der Waals surface area contributed by atoms with Gasteiger partial charge in [0.1, 0.15) is 0 Å². The Morgan fingerprint density at radius 3 is 1.16 bits per heavy atom. The Balaban J connectivity index is 1.27. The number of hydrogen-bond donors (Lipinski definition) is 0. The normalized spacial score (nSPS) is 12.1. The predicted octanol–water partition coefficient (Wildman–Crippen LogP) is 12.4. The minimum Gasteiger partial charge on any atom is -0.309 e. The molecule has 0 aliphatic carbocycles. The first-order chi connectivity index (χ1) is 31.8. The number of benzene rings is 10. The molecule has 64 heavy (non-hydrogen) atoms. The molecule has 300 valence electrons. The van der Waals surface area contributed by atoms with Crippen molar-refractivity contribution in [1.29, 1.82) is 0 Å².